The lowest BCUT2D eigenvalue weighted by Gasteiger charge is -2.10. The van der Waals surface area contributed by atoms with Crippen molar-refractivity contribution in [3.05, 3.63) is 181 Å². The van der Waals surface area contributed by atoms with Crippen molar-refractivity contribution in [1.82, 2.24) is 7.94 Å². The van der Waals surface area contributed by atoms with Gasteiger partial charge in [0, 0.05) is 55.2 Å². The van der Waals surface area contributed by atoms with Crippen molar-refractivity contribution in [1.29, 1.82) is 0 Å². The van der Waals surface area contributed by atoms with Crippen molar-refractivity contribution in [2.45, 2.75) is 36.5 Å². The highest BCUT2D eigenvalue weighted by molar-refractivity contribution is 7.90. The predicted octanol–water partition coefficient (Wildman–Crippen LogP) is 13.0. The highest BCUT2D eigenvalue weighted by Gasteiger charge is 2.28. The van der Waals surface area contributed by atoms with Crippen molar-refractivity contribution in [3.63, 3.8) is 0 Å². The summed E-state index contributed by atoms with van der Waals surface area (Å²) in [6.07, 6.45) is 1.52. The van der Waals surface area contributed by atoms with Gasteiger partial charge in [0.15, 0.2) is 0 Å². The SMILES string of the molecule is CCc1c2c(cc3c1c1ccccc1n3S(=O)(=O)c1ccccc1)oc1ccccc12.CCc1c2c(cc3c1c1ccccc1n3S(=O)(=O)c1ccccc1)oc1ccccc12. The number of hydrogen-bond acceptors (Lipinski definition) is 6. The average molecular weight is 851 g/mol. The molecule has 8 aromatic carbocycles. The average Bonchev–Trinajstić information content (AvgIpc) is 4.06. The van der Waals surface area contributed by atoms with E-state index >= 15 is 0 Å². The zero-order valence-electron chi connectivity index (χ0n) is 33.7. The second-order valence-corrected chi connectivity index (χ2v) is 18.9. The number of fused-ring (bicyclic) bond motifs is 12. The third-order valence-electron chi connectivity index (χ3n) is 12.0. The fourth-order valence-corrected chi connectivity index (χ4v) is 12.5. The third kappa shape index (κ3) is 5.49. The van der Waals surface area contributed by atoms with Crippen LogP contribution in [0.1, 0.15) is 25.0 Å². The van der Waals surface area contributed by atoms with Crippen molar-refractivity contribution in [2.24, 2.45) is 0 Å². The molecule has 304 valence electrons. The Bertz CT molecular complexity index is 3710. The molecule has 0 aliphatic heterocycles. The molecule has 0 radical (unpaired) electrons. The largest absolute Gasteiger partial charge is 0.456 e. The summed E-state index contributed by atoms with van der Waals surface area (Å²) in [5, 5.41) is 8.03. The van der Waals surface area contributed by atoms with Gasteiger partial charge in [-0.15, -0.1) is 0 Å². The second-order valence-electron chi connectivity index (χ2n) is 15.3. The van der Waals surface area contributed by atoms with Crippen LogP contribution in [0, 0.1) is 0 Å². The molecule has 62 heavy (non-hydrogen) atoms. The van der Waals surface area contributed by atoms with Gasteiger partial charge in [-0.3, -0.25) is 0 Å². The molecule has 0 bridgehead atoms. The molecule has 0 saturated heterocycles. The van der Waals surface area contributed by atoms with Crippen LogP contribution in [-0.4, -0.2) is 24.8 Å². The Balaban J connectivity index is 0.000000139. The minimum atomic E-state index is -3.80. The fourth-order valence-electron chi connectivity index (χ4n) is 9.43. The van der Waals surface area contributed by atoms with Crippen molar-refractivity contribution < 1.29 is 25.7 Å². The number of nitrogens with zero attached hydrogens (tertiary/aromatic N) is 2. The summed E-state index contributed by atoms with van der Waals surface area (Å²) in [4.78, 5) is 0.529. The molecule has 0 fully saturated rings. The van der Waals surface area contributed by atoms with E-state index in [4.69, 9.17) is 8.83 Å². The first-order chi connectivity index (χ1) is 30.2. The van der Waals surface area contributed by atoms with Gasteiger partial charge in [-0.05, 0) is 72.5 Å². The monoisotopic (exact) mass is 850 g/mol. The van der Waals surface area contributed by atoms with E-state index in [0.717, 1.165) is 78.2 Å². The molecule has 0 unspecified atom stereocenters. The summed E-state index contributed by atoms with van der Waals surface area (Å²) < 4.78 is 70.3. The molecule has 8 nitrogen and oxygen atoms in total. The highest BCUT2D eigenvalue weighted by Crippen LogP contribution is 2.44. The maximum atomic E-state index is 13.8. The number of benzene rings is 8. The van der Waals surface area contributed by atoms with Gasteiger partial charge in [0.05, 0.1) is 31.9 Å². The molecule has 4 aromatic heterocycles. The summed E-state index contributed by atoms with van der Waals surface area (Å²) in [6.45, 7) is 4.21. The van der Waals surface area contributed by atoms with Gasteiger partial charge in [0.2, 0.25) is 0 Å². The van der Waals surface area contributed by atoms with E-state index in [-0.39, 0.29) is 9.79 Å². The maximum Gasteiger partial charge on any atom is 0.268 e. The molecule has 12 aromatic rings. The van der Waals surface area contributed by atoms with E-state index in [1.165, 1.54) is 7.94 Å². The molecule has 0 N–H and O–H groups in total. The van der Waals surface area contributed by atoms with Crippen molar-refractivity contribution >= 4 is 108 Å². The Kier molecular flexibility index (Phi) is 8.68. The number of para-hydroxylation sites is 4. The zero-order valence-corrected chi connectivity index (χ0v) is 35.4. The van der Waals surface area contributed by atoms with Crippen LogP contribution in [0.2, 0.25) is 0 Å². The van der Waals surface area contributed by atoms with Crippen LogP contribution in [0.25, 0.3) is 87.5 Å². The molecule has 0 spiro atoms. The summed E-state index contributed by atoms with van der Waals surface area (Å²) in [7, 11) is -7.60. The Hall–Kier alpha value is -7.14. The number of aromatic nitrogens is 2. The molecule has 0 saturated carbocycles. The first kappa shape index (κ1) is 37.8. The van der Waals surface area contributed by atoms with Gasteiger partial charge in [0.1, 0.15) is 22.3 Å². The smallest absolute Gasteiger partial charge is 0.268 e. The normalized spacial score (nSPS) is 12.4. The van der Waals surface area contributed by atoms with Gasteiger partial charge in [0.25, 0.3) is 20.0 Å². The quantitative estimate of drug-likeness (QED) is 0.165. The van der Waals surface area contributed by atoms with Crippen molar-refractivity contribution in [3.8, 4) is 0 Å². The second kappa shape index (κ2) is 14.2. The van der Waals surface area contributed by atoms with E-state index in [1.54, 1.807) is 48.5 Å². The molecular formula is C52H38N2O6S2. The summed E-state index contributed by atoms with van der Waals surface area (Å²) in [6, 6.07) is 52.3. The van der Waals surface area contributed by atoms with E-state index < -0.39 is 20.0 Å². The molecular weight excluding hydrogens is 813 g/mol. The lowest BCUT2D eigenvalue weighted by molar-refractivity contribution is 0.588. The number of rotatable bonds is 6. The standard InChI is InChI=1S/2C26H19NO3S/c2*1-2-18-25-19-12-6-8-14-21(19)27(31(28,29)17-10-4-3-5-11-17)22(25)16-24-26(18)20-13-7-9-15-23(20)30-24/h2*3-16H,2H2,1H3. The van der Waals surface area contributed by atoms with E-state index in [2.05, 4.69) is 26.0 Å². The predicted molar refractivity (Wildman–Crippen MR) is 250 cm³/mol. The van der Waals surface area contributed by atoms with Crippen LogP contribution < -0.4 is 0 Å². The Morgan fingerprint density at radius 1 is 0.371 bits per heavy atom. The van der Waals surface area contributed by atoms with Crippen LogP contribution in [-0.2, 0) is 32.9 Å². The van der Waals surface area contributed by atoms with Crippen LogP contribution in [0.15, 0.2) is 188 Å². The summed E-state index contributed by atoms with van der Waals surface area (Å²) in [5.41, 5.74) is 7.88. The molecule has 0 amide bonds. The number of hydrogen-bond donors (Lipinski definition) is 0. The van der Waals surface area contributed by atoms with Gasteiger partial charge in [-0.1, -0.05) is 123 Å². The van der Waals surface area contributed by atoms with Crippen LogP contribution >= 0.6 is 0 Å². The Labute approximate surface area is 356 Å². The topological polar surface area (TPSA) is 104 Å². The zero-order chi connectivity index (χ0) is 42.3. The highest BCUT2D eigenvalue weighted by atomic mass is 32.2. The molecule has 4 heterocycles. The maximum absolute atomic E-state index is 13.8. The summed E-state index contributed by atoms with van der Waals surface area (Å²) >= 11 is 0. The minimum absolute atomic E-state index is 0.264. The van der Waals surface area contributed by atoms with E-state index in [9.17, 15) is 16.8 Å². The molecule has 0 aliphatic carbocycles. The Morgan fingerprint density at radius 2 is 0.710 bits per heavy atom. The first-order valence-electron chi connectivity index (χ1n) is 20.6. The molecule has 0 aliphatic rings. The fraction of sp³-hybridized carbons (Fsp3) is 0.0769. The van der Waals surface area contributed by atoms with E-state index in [1.807, 2.05) is 109 Å². The number of aryl methyl sites for hydroxylation is 2. The molecule has 10 heteroatoms. The lowest BCUT2D eigenvalue weighted by atomic mass is 9.98. The van der Waals surface area contributed by atoms with Gasteiger partial charge < -0.3 is 8.83 Å². The summed E-state index contributed by atoms with van der Waals surface area (Å²) in [5.74, 6) is 0. The van der Waals surface area contributed by atoms with Crippen LogP contribution in [0.3, 0.4) is 0 Å². The lowest BCUT2D eigenvalue weighted by Crippen LogP contribution is -2.12. The van der Waals surface area contributed by atoms with Gasteiger partial charge in [-0.25, -0.2) is 24.8 Å². The van der Waals surface area contributed by atoms with Crippen molar-refractivity contribution in [2.75, 3.05) is 0 Å². The first-order valence-corrected chi connectivity index (χ1v) is 23.4. The number of furan rings is 2. The van der Waals surface area contributed by atoms with Crippen LogP contribution in [0.4, 0.5) is 0 Å². The minimum Gasteiger partial charge on any atom is -0.456 e. The third-order valence-corrected chi connectivity index (χ3v) is 15.5. The molecule has 12 rings (SSSR count). The molecule has 0 atom stereocenters. The Morgan fingerprint density at radius 3 is 1.10 bits per heavy atom. The van der Waals surface area contributed by atoms with Gasteiger partial charge >= 0.3 is 0 Å². The van der Waals surface area contributed by atoms with E-state index in [0.29, 0.717) is 33.2 Å². The van der Waals surface area contributed by atoms with Crippen LogP contribution in [0.5, 0.6) is 0 Å². The van der Waals surface area contributed by atoms with Gasteiger partial charge in [-0.2, -0.15) is 0 Å².